The van der Waals surface area contributed by atoms with Crippen molar-refractivity contribution in [2.75, 3.05) is 5.32 Å². The van der Waals surface area contributed by atoms with Gasteiger partial charge in [0.25, 0.3) is 5.91 Å². The van der Waals surface area contributed by atoms with Crippen LogP contribution < -0.4 is 5.32 Å². The fraction of sp³-hybridized carbons (Fsp3) is 0.0526. The van der Waals surface area contributed by atoms with E-state index in [1.54, 1.807) is 31.2 Å². The molecule has 0 atom stereocenters. The van der Waals surface area contributed by atoms with Crippen LogP contribution in [0.3, 0.4) is 0 Å². The number of benzene rings is 2. The van der Waals surface area contributed by atoms with E-state index < -0.39 is 29.2 Å². The second-order valence-corrected chi connectivity index (χ2v) is 6.63. The van der Waals surface area contributed by atoms with Gasteiger partial charge in [-0.3, -0.25) is 4.79 Å². The number of thiophene rings is 1. The minimum atomic E-state index is -1.02. The number of nitrogens with one attached hydrogen (secondary N) is 1. The summed E-state index contributed by atoms with van der Waals surface area (Å²) in [5.74, 6) is -3.34. The van der Waals surface area contributed by atoms with Gasteiger partial charge >= 0.3 is 5.97 Å². The summed E-state index contributed by atoms with van der Waals surface area (Å²) in [5.41, 5.74) is 1.22. The number of hydrogen-bond donors (Lipinski definition) is 2. The summed E-state index contributed by atoms with van der Waals surface area (Å²) < 4.78 is 27.3. The predicted molar refractivity (Wildman–Crippen MR) is 95.8 cm³/mol. The van der Waals surface area contributed by atoms with Crippen molar-refractivity contribution in [2.24, 2.45) is 0 Å². The number of para-hydroxylation sites is 1. The Morgan fingerprint density at radius 1 is 1.04 bits per heavy atom. The third-order valence-electron chi connectivity index (χ3n) is 3.77. The highest BCUT2D eigenvalue weighted by Gasteiger charge is 2.16. The molecule has 0 unspecified atom stereocenters. The zero-order chi connectivity index (χ0) is 18.8. The van der Waals surface area contributed by atoms with Crippen LogP contribution in [-0.2, 0) is 0 Å². The first-order chi connectivity index (χ1) is 12.4. The number of halogens is 2. The molecule has 0 fully saturated rings. The Morgan fingerprint density at radius 3 is 2.35 bits per heavy atom. The normalized spacial score (nSPS) is 10.6. The maximum atomic E-state index is 13.7. The predicted octanol–water partition coefficient (Wildman–Crippen LogP) is 4.95. The van der Waals surface area contributed by atoms with Crippen LogP contribution in [0.2, 0.25) is 0 Å². The van der Waals surface area contributed by atoms with Gasteiger partial charge in [-0.15, -0.1) is 11.3 Å². The smallest absolute Gasteiger partial charge is 0.335 e. The van der Waals surface area contributed by atoms with Crippen LogP contribution in [-0.4, -0.2) is 17.0 Å². The average Bonchev–Trinajstić information content (AvgIpc) is 3.08. The van der Waals surface area contributed by atoms with Crippen molar-refractivity contribution in [2.45, 2.75) is 6.92 Å². The molecular weight excluding hydrogens is 360 g/mol. The van der Waals surface area contributed by atoms with Crippen molar-refractivity contribution in [3.8, 4) is 10.4 Å². The summed E-state index contributed by atoms with van der Waals surface area (Å²) in [6, 6.07) is 11.3. The lowest BCUT2D eigenvalue weighted by atomic mass is 10.0. The van der Waals surface area contributed by atoms with Crippen LogP contribution in [0.15, 0.2) is 48.5 Å². The van der Waals surface area contributed by atoms with Crippen molar-refractivity contribution in [3.05, 3.63) is 76.2 Å². The van der Waals surface area contributed by atoms with Crippen LogP contribution in [0.25, 0.3) is 10.4 Å². The van der Waals surface area contributed by atoms with Gasteiger partial charge in [-0.1, -0.05) is 12.1 Å². The second kappa shape index (κ2) is 7.05. The van der Waals surface area contributed by atoms with E-state index in [9.17, 15) is 18.4 Å². The van der Waals surface area contributed by atoms with E-state index in [1.165, 1.54) is 12.1 Å². The minimum absolute atomic E-state index is 0.177. The highest BCUT2D eigenvalue weighted by atomic mass is 32.1. The first-order valence-electron chi connectivity index (χ1n) is 7.56. The Balaban J connectivity index is 1.86. The molecule has 2 aromatic carbocycles. The van der Waals surface area contributed by atoms with Gasteiger partial charge < -0.3 is 10.4 Å². The lowest BCUT2D eigenvalue weighted by molar-refractivity contribution is 0.0696. The molecule has 1 aromatic heterocycles. The molecular formula is C19H13F2NO3S. The average molecular weight is 373 g/mol. The van der Waals surface area contributed by atoms with Crippen LogP contribution >= 0.6 is 11.3 Å². The molecule has 0 aliphatic rings. The molecule has 0 bridgehead atoms. The van der Waals surface area contributed by atoms with E-state index in [4.69, 9.17) is 5.11 Å². The zero-order valence-corrected chi connectivity index (χ0v) is 14.4. The highest BCUT2D eigenvalue weighted by molar-refractivity contribution is 7.17. The quantitative estimate of drug-likeness (QED) is 0.680. The first kappa shape index (κ1) is 17.8. The molecule has 4 nitrogen and oxygen atoms in total. The lowest BCUT2D eigenvalue weighted by Crippen LogP contribution is -2.12. The maximum absolute atomic E-state index is 13.7. The number of carboxylic acid groups (broad SMARTS) is 1. The summed E-state index contributed by atoms with van der Waals surface area (Å²) in [6.07, 6.45) is 0. The molecule has 3 aromatic rings. The number of hydrogen-bond acceptors (Lipinski definition) is 3. The molecule has 0 saturated heterocycles. The lowest BCUT2D eigenvalue weighted by Gasteiger charge is -2.06. The van der Waals surface area contributed by atoms with Gasteiger partial charge in [-0.05, 0) is 54.4 Å². The Morgan fingerprint density at radius 2 is 1.73 bits per heavy atom. The fourth-order valence-electron chi connectivity index (χ4n) is 2.47. The van der Waals surface area contributed by atoms with Crippen LogP contribution in [0.4, 0.5) is 14.5 Å². The van der Waals surface area contributed by atoms with Crippen molar-refractivity contribution in [1.82, 2.24) is 0 Å². The van der Waals surface area contributed by atoms with E-state index in [0.717, 1.165) is 39.5 Å². The molecule has 0 aliphatic heterocycles. The van der Waals surface area contributed by atoms with Gasteiger partial charge in [0.1, 0.15) is 17.3 Å². The van der Waals surface area contributed by atoms with Crippen molar-refractivity contribution < 1.29 is 23.5 Å². The topological polar surface area (TPSA) is 66.4 Å². The van der Waals surface area contributed by atoms with Crippen LogP contribution in [0.1, 0.15) is 25.6 Å². The van der Waals surface area contributed by atoms with E-state index >= 15 is 0 Å². The summed E-state index contributed by atoms with van der Waals surface area (Å²) in [5, 5.41) is 11.3. The summed E-state index contributed by atoms with van der Waals surface area (Å²) in [6.45, 7) is 1.77. The number of aryl methyl sites for hydroxylation is 1. The Kier molecular flexibility index (Phi) is 4.81. The Hall–Kier alpha value is -3.06. The molecule has 3 rings (SSSR count). The first-order valence-corrected chi connectivity index (χ1v) is 8.38. The van der Waals surface area contributed by atoms with Gasteiger partial charge in [0.15, 0.2) is 0 Å². The minimum Gasteiger partial charge on any atom is -0.478 e. The standard InChI is InChI=1S/C19H13F2NO3S/c1-10-9-11(19(24)25)5-6-12(10)15-7-8-16(26-15)18(23)22-17-13(20)3-2-4-14(17)21/h2-9H,1H3,(H,22,23)(H,24,25). The summed E-state index contributed by atoms with van der Waals surface area (Å²) >= 11 is 1.15. The molecule has 0 aliphatic carbocycles. The molecule has 26 heavy (non-hydrogen) atoms. The number of carbonyl (C=O) groups is 2. The van der Waals surface area contributed by atoms with Crippen molar-refractivity contribution >= 4 is 28.9 Å². The third-order valence-corrected chi connectivity index (χ3v) is 4.89. The number of carboxylic acids is 1. The Bertz CT molecular complexity index is 994. The highest BCUT2D eigenvalue weighted by Crippen LogP contribution is 2.32. The van der Waals surface area contributed by atoms with Crippen LogP contribution in [0, 0.1) is 18.6 Å². The second-order valence-electron chi connectivity index (χ2n) is 5.55. The van der Waals surface area contributed by atoms with Crippen LogP contribution in [0.5, 0.6) is 0 Å². The van der Waals surface area contributed by atoms with Gasteiger partial charge in [-0.25, -0.2) is 13.6 Å². The molecule has 1 amide bonds. The monoisotopic (exact) mass is 373 g/mol. The number of anilines is 1. The van der Waals surface area contributed by atoms with Gasteiger partial charge in [0.2, 0.25) is 0 Å². The van der Waals surface area contributed by atoms with Gasteiger partial charge in [0, 0.05) is 4.88 Å². The SMILES string of the molecule is Cc1cc(C(=O)O)ccc1-c1ccc(C(=O)Nc2c(F)cccc2F)s1. The molecule has 0 radical (unpaired) electrons. The van der Waals surface area contributed by atoms with Crippen molar-refractivity contribution in [1.29, 1.82) is 0 Å². The van der Waals surface area contributed by atoms with Gasteiger partial charge in [-0.2, -0.15) is 0 Å². The summed E-state index contributed by atoms with van der Waals surface area (Å²) in [4.78, 5) is 24.3. The molecule has 2 N–H and O–H groups in total. The van der Waals surface area contributed by atoms with Crippen molar-refractivity contribution in [3.63, 3.8) is 0 Å². The molecule has 7 heteroatoms. The maximum Gasteiger partial charge on any atom is 0.335 e. The molecule has 0 spiro atoms. The number of aromatic carboxylic acids is 1. The third kappa shape index (κ3) is 3.48. The van der Waals surface area contributed by atoms with E-state index in [2.05, 4.69) is 5.32 Å². The number of rotatable bonds is 4. The number of carbonyl (C=O) groups excluding carboxylic acids is 1. The Labute approximate surface area is 151 Å². The largest absolute Gasteiger partial charge is 0.478 e. The van der Waals surface area contributed by atoms with E-state index in [1.807, 2.05) is 0 Å². The molecule has 132 valence electrons. The van der Waals surface area contributed by atoms with E-state index in [-0.39, 0.29) is 10.4 Å². The fourth-order valence-corrected chi connectivity index (χ4v) is 3.46. The summed E-state index contributed by atoms with van der Waals surface area (Å²) in [7, 11) is 0. The molecule has 0 saturated carbocycles. The number of amides is 1. The molecule has 1 heterocycles. The van der Waals surface area contributed by atoms with Gasteiger partial charge in [0.05, 0.1) is 10.4 Å². The van der Waals surface area contributed by atoms with E-state index in [0.29, 0.717) is 0 Å². The zero-order valence-electron chi connectivity index (χ0n) is 13.5.